The standard InChI is InChI=1S/C22H13Cl3N2OS/c23-14-8-5-13(6-9-14)7-10-21(28)26-19-11-15(16(24)12-17(19)25)22-27-18-3-1-2-4-20(18)29-22/h1-12H,(H,26,28). The molecule has 4 aromatic rings. The number of halogens is 3. The summed E-state index contributed by atoms with van der Waals surface area (Å²) in [5.74, 6) is -0.306. The first-order chi connectivity index (χ1) is 14.0. The number of carbonyl (C=O) groups excluding carboxylic acids is 1. The zero-order chi connectivity index (χ0) is 20.4. The van der Waals surface area contributed by atoms with Crippen molar-refractivity contribution in [2.75, 3.05) is 5.32 Å². The van der Waals surface area contributed by atoms with Crippen molar-refractivity contribution in [1.82, 2.24) is 4.98 Å². The molecule has 0 unspecified atom stereocenters. The predicted molar refractivity (Wildman–Crippen MR) is 124 cm³/mol. The van der Waals surface area contributed by atoms with E-state index >= 15 is 0 Å². The molecule has 29 heavy (non-hydrogen) atoms. The van der Waals surface area contributed by atoms with Gasteiger partial charge >= 0.3 is 0 Å². The van der Waals surface area contributed by atoms with Crippen molar-refractivity contribution in [2.24, 2.45) is 0 Å². The van der Waals surface area contributed by atoms with Gasteiger partial charge < -0.3 is 5.32 Å². The fourth-order valence-electron chi connectivity index (χ4n) is 2.72. The third kappa shape index (κ3) is 4.62. The van der Waals surface area contributed by atoms with Crippen LogP contribution >= 0.6 is 46.1 Å². The Morgan fingerprint density at radius 1 is 0.966 bits per heavy atom. The highest BCUT2D eigenvalue weighted by atomic mass is 35.5. The Morgan fingerprint density at radius 3 is 2.48 bits per heavy atom. The fraction of sp³-hybridized carbons (Fsp3) is 0. The molecule has 1 aromatic heterocycles. The number of amides is 1. The lowest BCUT2D eigenvalue weighted by atomic mass is 10.2. The Hall–Kier alpha value is -2.37. The SMILES string of the molecule is O=C(C=Cc1ccc(Cl)cc1)Nc1cc(-c2nc3ccccc3s2)c(Cl)cc1Cl. The largest absolute Gasteiger partial charge is 0.321 e. The van der Waals surface area contributed by atoms with E-state index in [0.29, 0.717) is 26.3 Å². The summed E-state index contributed by atoms with van der Waals surface area (Å²) in [5.41, 5.74) is 2.95. The lowest BCUT2D eigenvalue weighted by molar-refractivity contribution is -0.111. The molecule has 1 amide bonds. The second-order valence-electron chi connectivity index (χ2n) is 6.17. The summed E-state index contributed by atoms with van der Waals surface area (Å²) in [4.78, 5) is 17.0. The van der Waals surface area contributed by atoms with Crippen LogP contribution in [0.4, 0.5) is 5.69 Å². The minimum absolute atomic E-state index is 0.306. The number of benzene rings is 3. The van der Waals surface area contributed by atoms with Crippen LogP contribution in [0.15, 0.2) is 66.7 Å². The molecule has 1 heterocycles. The Balaban J connectivity index is 1.59. The van der Waals surface area contributed by atoms with Crippen molar-refractivity contribution in [3.63, 3.8) is 0 Å². The van der Waals surface area contributed by atoms with E-state index in [2.05, 4.69) is 10.3 Å². The predicted octanol–water partition coefficient (Wildman–Crippen LogP) is 7.58. The van der Waals surface area contributed by atoms with Crippen LogP contribution < -0.4 is 5.32 Å². The molecule has 3 nitrogen and oxygen atoms in total. The number of hydrogen-bond acceptors (Lipinski definition) is 3. The van der Waals surface area contributed by atoms with Crippen LogP contribution in [0, 0.1) is 0 Å². The summed E-state index contributed by atoms with van der Waals surface area (Å²) >= 11 is 20.1. The maximum absolute atomic E-state index is 12.3. The van der Waals surface area contributed by atoms with Crippen molar-refractivity contribution in [3.05, 3.63) is 87.4 Å². The van der Waals surface area contributed by atoms with Gasteiger partial charge in [-0.3, -0.25) is 4.79 Å². The molecule has 4 rings (SSSR count). The monoisotopic (exact) mass is 458 g/mol. The number of aromatic nitrogens is 1. The number of thiazole rings is 1. The average Bonchev–Trinajstić information content (AvgIpc) is 3.13. The van der Waals surface area contributed by atoms with E-state index in [-0.39, 0.29) is 5.91 Å². The maximum Gasteiger partial charge on any atom is 0.248 e. The number of rotatable bonds is 4. The van der Waals surface area contributed by atoms with Gasteiger partial charge in [-0.15, -0.1) is 11.3 Å². The van der Waals surface area contributed by atoms with Crippen molar-refractivity contribution >= 4 is 74.0 Å². The van der Waals surface area contributed by atoms with Crippen LogP contribution in [0.3, 0.4) is 0 Å². The second kappa shape index (κ2) is 8.56. The Morgan fingerprint density at radius 2 is 1.72 bits per heavy atom. The normalized spacial score (nSPS) is 11.3. The summed E-state index contributed by atoms with van der Waals surface area (Å²) in [6, 6.07) is 18.4. The summed E-state index contributed by atoms with van der Waals surface area (Å²) in [6.07, 6.45) is 3.13. The van der Waals surface area contributed by atoms with Crippen LogP contribution in [0.2, 0.25) is 15.1 Å². The van der Waals surface area contributed by atoms with Crippen LogP contribution in [0.1, 0.15) is 5.56 Å². The number of nitrogens with zero attached hydrogens (tertiary/aromatic N) is 1. The molecule has 0 aliphatic rings. The first-order valence-electron chi connectivity index (χ1n) is 8.59. The number of carbonyl (C=O) groups is 1. The molecule has 0 saturated carbocycles. The minimum Gasteiger partial charge on any atom is -0.321 e. The van der Waals surface area contributed by atoms with E-state index in [1.165, 1.54) is 17.4 Å². The van der Waals surface area contributed by atoms with Crippen molar-refractivity contribution < 1.29 is 4.79 Å². The number of para-hydroxylation sites is 1. The summed E-state index contributed by atoms with van der Waals surface area (Å²) in [6.45, 7) is 0. The van der Waals surface area contributed by atoms with Gasteiger partial charge in [-0.25, -0.2) is 4.98 Å². The van der Waals surface area contributed by atoms with Gasteiger partial charge in [-0.2, -0.15) is 0 Å². The van der Waals surface area contributed by atoms with Crippen LogP contribution in [-0.2, 0) is 4.79 Å². The molecule has 7 heteroatoms. The maximum atomic E-state index is 12.3. The zero-order valence-electron chi connectivity index (χ0n) is 14.8. The van der Waals surface area contributed by atoms with Crippen LogP contribution in [0.25, 0.3) is 26.9 Å². The molecule has 0 bridgehead atoms. The van der Waals surface area contributed by atoms with Gasteiger partial charge in [0.1, 0.15) is 5.01 Å². The number of hydrogen-bond donors (Lipinski definition) is 1. The van der Waals surface area contributed by atoms with Gasteiger partial charge in [0.05, 0.1) is 25.9 Å². The van der Waals surface area contributed by atoms with E-state index in [1.54, 1.807) is 30.3 Å². The van der Waals surface area contributed by atoms with Gasteiger partial charge in [-0.1, -0.05) is 59.1 Å². The molecule has 0 radical (unpaired) electrons. The number of nitrogens with one attached hydrogen (secondary N) is 1. The topological polar surface area (TPSA) is 42.0 Å². The summed E-state index contributed by atoms with van der Waals surface area (Å²) < 4.78 is 1.06. The van der Waals surface area contributed by atoms with E-state index in [9.17, 15) is 4.79 Å². The third-order valence-electron chi connectivity index (χ3n) is 4.14. The molecule has 0 fully saturated rings. The molecule has 0 spiro atoms. The molecule has 0 saturated heterocycles. The van der Waals surface area contributed by atoms with Gasteiger partial charge in [0.25, 0.3) is 0 Å². The highest BCUT2D eigenvalue weighted by Crippen LogP contribution is 2.38. The zero-order valence-corrected chi connectivity index (χ0v) is 17.9. The lowest BCUT2D eigenvalue weighted by Gasteiger charge is -2.09. The summed E-state index contributed by atoms with van der Waals surface area (Å²) in [5, 5.41) is 5.03. The molecule has 3 aromatic carbocycles. The molecule has 0 atom stereocenters. The van der Waals surface area contributed by atoms with Crippen LogP contribution in [0.5, 0.6) is 0 Å². The minimum atomic E-state index is -0.306. The molecular formula is C22H13Cl3N2OS. The Kier molecular flexibility index (Phi) is 5.88. The molecule has 1 N–H and O–H groups in total. The van der Waals surface area contributed by atoms with E-state index in [1.807, 2.05) is 36.4 Å². The average molecular weight is 460 g/mol. The molecule has 0 aliphatic heterocycles. The Labute approximate surface area is 186 Å². The van der Waals surface area contributed by atoms with Crippen molar-refractivity contribution in [2.45, 2.75) is 0 Å². The highest BCUT2D eigenvalue weighted by molar-refractivity contribution is 7.21. The van der Waals surface area contributed by atoms with Crippen molar-refractivity contribution in [1.29, 1.82) is 0 Å². The molecule has 144 valence electrons. The van der Waals surface area contributed by atoms with E-state index in [4.69, 9.17) is 34.8 Å². The van der Waals surface area contributed by atoms with Crippen molar-refractivity contribution in [3.8, 4) is 10.6 Å². The van der Waals surface area contributed by atoms with E-state index < -0.39 is 0 Å². The van der Waals surface area contributed by atoms with Crippen LogP contribution in [-0.4, -0.2) is 10.9 Å². The second-order valence-corrected chi connectivity index (χ2v) is 8.45. The first kappa shape index (κ1) is 19.9. The van der Waals surface area contributed by atoms with Gasteiger partial charge in [0.2, 0.25) is 5.91 Å². The molecular weight excluding hydrogens is 447 g/mol. The summed E-state index contributed by atoms with van der Waals surface area (Å²) in [7, 11) is 0. The Bertz CT molecular complexity index is 1200. The lowest BCUT2D eigenvalue weighted by Crippen LogP contribution is -2.08. The third-order valence-corrected chi connectivity index (χ3v) is 6.08. The number of fused-ring (bicyclic) bond motifs is 1. The van der Waals surface area contributed by atoms with Gasteiger partial charge in [0, 0.05) is 16.7 Å². The van der Waals surface area contributed by atoms with Gasteiger partial charge in [0.15, 0.2) is 0 Å². The molecule has 0 aliphatic carbocycles. The number of anilines is 1. The first-order valence-corrected chi connectivity index (χ1v) is 10.5. The van der Waals surface area contributed by atoms with E-state index in [0.717, 1.165) is 20.8 Å². The fourth-order valence-corrected chi connectivity index (χ4v) is 4.41. The van der Waals surface area contributed by atoms with Gasteiger partial charge in [-0.05, 0) is 48.0 Å². The quantitative estimate of drug-likeness (QED) is 0.320. The smallest absolute Gasteiger partial charge is 0.248 e. The highest BCUT2D eigenvalue weighted by Gasteiger charge is 2.14.